The summed E-state index contributed by atoms with van der Waals surface area (Å²) in [4.78, 5) is 19.8. The SMILES string of the molecule is C[C@H]1CN(C(=N)c2cc(F)ccn2)C(=N)CN1C(=O)c1cccc(Cl)c1Cl. The predicted molar refractivity (Wildman–Crippen MR) is 102 cm³/mol. The largest absolute Gasteiger partial charge is 0.327 e. The van der Waals surface area contributed by atoms with Crippen LogP contribution in [0.15, 0.2) is 36.5 Å². The van der Waals surface area contributed by atoms with Gasteiger partial charge in [0.15, 0.2) is 5.84 Å². The highest BCUT2D eigenvalue weighted by atomic mass is 35.5. The van der Waals surface area contributed by atoms with Crippen LogP contribution in [-0.2, 0) is 0 Å². The number of pyridine rings is 1. The molecular weight excluding hydrogens is 392 g/mol. The quantitative estimate of drug-likeness (QED) is 0.588. The first-order valence-electron chi connectivity index (χ1n) is 8.10. The van der Waals surface area contributed by atoms with Gasteiger partial charge in [-0.25, -0.2) is 4.39 Å². The Morgan fingerprint density at radius 3 is 2.78 bits per heavy atom. The third-order valence-corrected chi connectivity index (χ3v) is 5.12. The Hall–Kier alpha value is -2.51. The van der Waals surface area contributed by atoms with Gasteiger partial charge >= 0.3 is 0 Å². The lowest BCUT2D eigenvalue weighted by atomic mass is 10.1. The number of hydrogen-bond acceptors (Lipinski definition) is 4. The molecule has 1 fully saturated rings. The lowest BCUT2D eigenvalue weighted by Gasteiger charge is -2.41. The van der Waals surface area contributed by atoms with E-state index in [1.165, 1.54) is 22.1 Å². The van der Waals surface area contributed by atoms with Crippen LogP contribution in [0.25, 0.3) is 0 Å². The first-order valence-corrected chi connectivity index (χ1v) is 8.85. The van der Waals surface area contributed by atoms with Gasteiger partial charge in [0.1, 0.15) is 17.3 Å². The van der Waals surface area contributed by atoms with Crippen LogP contribution in [0.1, 0.15) is 23.0 Å². The van der Waals surface area contributed by atoms with E-state index in [1.807, 2.05) is 6.92 Å². The van der Waals surface area contributed by atoms with Crippen molar-refractivity contribution in [2.75, 3.05) is 13.1 Å². The van der Waals surface area contributed by atoms with Gasteiger partial charge in [-0.2, -0.15) is 0 Å². The maximum absolute atomic E-state index is 13.4. The Morgan fingerprint density at radius 1 is 1.33 bits per heavy atom. The fourth-order valence-electron chi connectivity index (χ4n) is 2.87. The molecule has 9 heteroatoms. The summed E-state index contributed by atoms with van der Waals surface area (Å²) in [5, 5.41) is 17.0. The molecule has 1 amide bonds. The molecule has 1 atom stereocenters. The Balaban J connectivity index is 1.81. The van der Waals surface area contributed by atoms with Crippen LogP contribution in [0.4, 0.5) is 4.39 Å². The van der Waals surface area contributed by atoms with Crippen molar-refractivity contribution in [3.05, 3.63) is 63.6 Å². The van der Waals surface area contributed by atoms with E-state index in [0.29, 0.717) is 0 Å². The van der Waals surface area contributed by atoms with Crippen LogP contribution >= 0.6 is 23.2 Å². The van der Waals surface area contributed by atoms with E-state index in [1.54, 1.807) is 18.2 Å². The van der Waals surface area contributed by atoms with Gasteiger partial charge in [0.05, 0.1) is 22.2 Å². The molecular formula is C18H16Cl2FN5O. The molecule has 27 heavy (non-hydrogen) atoms. The third-order valence-electron chi connectivity index (χ3n) is 4.30. The molecule has 2 aromatic rings. The first kappa shape index (κ1) is 19.3. The van der Waals surface area contributed by atoms with E-state index >= 15 is 0 Å². The maximum Gasteiger partial charge on any atom is 0.256 e. The second kappa shape index (κ2) is 7.62. The second-order valence-electron chi connectivity index (χ2n) is 6.15. The Labute approximate surface area is 165 Å². The molecule has 1 saturated heterocycles. The average molecular weight is 408 g/mol. The molecule has 0 unspecified atom stereocenters. The predicted octanol–water partition coefficient (Wildman–Crippen LogP) is 3.68. The van der Waals surface area contributed by atoms with Gasteiger partial charge in [-0.15, -0.1) is 0 Å². The standard InChI is InChI=1S/C18H16Cl2FN5O/c1-10-8-26(17(23)14-7-11(21)5-6-24-14)15(22)9-25(10)18(27)12-3-2-4-13(19)16(12)20/h2-7,10,22-23H,8-9H2,1H3/t10-/m0/s1. The number of benzene rings is 1. The molecule has 0 saturated carbocycles. The van der Waals surface area contributed by atoms with Crippen LogP contribution in [-0.4, -0.2) is 51.5 Å². The number of piperazine rings is 1. The van der Waals surface area contributed by atoms with Gasteiger partial charge < -0.3 is 9.80 Å². The zero-order chi connectivity index (χ0) is 19.7. The number of aromatic nitrogens is 1. The number of nitrogens with one attached hydrogen (secondary N) is 2. The van der Waals surface area contributed by atoms with Gasteiger partial charge in [-0.1, -0.05) is 29.3 Å². The van der Waals surface area contributed by atoms with Crippen molar-refractivity contribution in [2.45, 2.75) is 13.0 Å². The summed E-state index contributed by atoms with van der Waals surface area (Å²) < 4.78 is 13.4. The molecule has 6 nitrogen and oxygen atoms in total. The van der Waals surface area contributed by atoms with Crippen LogP contribution < -0.4 is 0 Å². The fourth-order valence-corrected chi connectivity index (χ4v) is 3.25. The van der Waals surface area contributed by atoms with Crippen molar-refractivity contribution >= 4 is 40.8 Å². The van der Waals surface area contributed by atoms with Crippen LogP contribution in [0, 0.1) is 16.6 Å². The maximum atomic E-state index is 13.4. The average Bonchev–Trinajstić information content (AvgIpc) is 2.64. The van der Waals surface area contributed by atoms with Crippen molar-refractivity contribution in [3.8, 4) is 0 Å². The highest BCUT2D eigenvalue weighted by Crippen LogP contribution is 2.28. The van der Waals surface area contributed by atoms with Crippen LogP contribution in [0.2, 0.25) is 10.0 Å². The summed E-state index contributed by atoms with van der Waals surface area (Å²) in [5.74, 6) is -0.890. The van der Waals surface area contributed by atoms with Gasteiger partial charge in [-0.05, 0) is 25.1 Å². The zero-order valence-corrected chi connectivity index (χ0v) is 15.9. The van der Waals surface area contributed by atoms with Gasteiger partial charge in [0.25, 0.3) is 5.91 Å². The molecule has 0 radical (unpaired) electrons. The number of hydrogen-bond donors (Lipinski definition) is 2. The molecule has 0 bridgehead atoms. The van der Waals surface area contributed by atoms with E-state index in [4.69, 9.17) is 34.0 Å². The number of halogens is 3. The highest BCUT2D eigenvalue weighted by molar-refractivity contribution is 6.43. The zero-order valence-electron chi connectivity index (χ0n) is 14.3. The number of rotatable bonds is 2. The lowest BCUT2D eigenvalue weighted by molar-refractivity contribution is 0.0683. The topological polar surface area (TPSA) is 84.1 Å². The van der Waals surface area contributed by atoms with E-state index in [0.717, 1.165) is 6.07 Å². The third kappa shape index (κ3) is 3.79. The lowest BCUT2D eigenvalue weighted by Crippen LogP contribution is -2.58. The molecule has 0 aliphatic carbocycles. The number of amides is 1. The molecule has 140 valence electrons. The highest BCUT2D eigenvalue weighted by Gasteiger charge is 2.34. The smallest absolute Gasteiger partial charge is 0.256 e. The van der Waals surface area contributed by atoms with Crippen molar-refractivity contribution in [1.82, 2.24) is 14.8 Å². The molecule has 3 rings (SSSR count). The van der Waals surface area contributed by atoms with E-state index < -0.39 is 5.82 Å². The molecule has 1 aromatic heterocycles. The normalized spacial score (nSPS) is 17.2. The van der Waals surface area contributed by atoms with E-state index in [9.17, 15) is 9.18 Å². The fraction of sp³-hybridized carbons (Fsp3) is 0.222. The number of nitrogens with zero attached hydrogens (tertiary/aromatic N) is 3. The Morgan fingerprint density at radius 2 is 2.07 bits per heavy atom. The number of amidine groups is 2. The molecule has 2 N–H and O–H groups in total. The van der Waals surface area contributed by atoms with Crippen molar-refractivity contribution in [1.29, 1.82) is 10.8 Å². The van der Waals surface area contributed by atoms with E-state index in [-0.39, 0.29) is 58.0 Å². The summed E-state index contributed by atoms with van der Waals surface area (Å²) in [7, 11) is 0. The molecule has 1 aromatic carbocycles. The summed E-state index contributed by atoms with van der Waals surface area (Å²) >= 11 is 12.1. The Bertz CT molecular complexity index is 936. The molecule has 2 heterocycles. The molecule has 1 aliphatic heterocycles. The second-order valence-corrected chi connectivity index (χ2v) is 6.93. The van der Waals surface area contributed by atoms with Crippen molar-refractivity contribution in [3.63, 3.8) is 0 Å². The van der Waals surface area contributed by atoms with Crippen LogP contribution in [0.3, 0.4) is 0 Å². The minimum absolute atomic E-state index is 0.0134. The number of carbonyl (C=O) groups is 1. The number of carbonyl (C=O) groups excluding carboxylic acids is 1. The minimum atomic E-state index is -0.506. The monoisotopic (exact) mass is 407 g/mol. The summed E-state index contributed by atoms with van der Waals surface area (Å²) in [6, 6.07) is 6.84. The van der Waals surface area contributed by atoms with E-state index in [2.05, 4.69) is 4.98 Å². The van der Waals surface area contributed by atoms with Gasteiger partial charge in [0, 0.05) is 24.8 Å². The van der Waals surface area contributed by atoms with Gasteiger partial charge in [0.2, 0.25) is 0 Å². The molecule has 0 spiro atoms. The molecule has 1 aliphatic rings. The summed E-state index contributed by atoms with van der Waals surface area (Å²) in [6.07, 6.45) is 1.27. The summed E-state index contributed by atoms with van der Waals surface area (Å²) in [5.41, 5.74) is 0.392. The first-order chi connectivity index (χ1) is 12.8. The van der Waals surface area contributed by atoms with Crippen molar-refractivity contribution < 1.29 is 9.18 Å². The Kier molecular flexibility index (Phi) is 5.43. The van der Waals surface area contributed by atoms with Crippen molar-refractivity contribution in [2.24, 2.45) is 0 Å². The minimum Gasteiger partial charge on any atom is -0.327 e. The van der Waals surface area contributed by atoms with Gasteiger partial charge in [-0.3, -0.25) is 20.6 Å². The van der Waals surface area contributed by atoms with Crippen LogP contribution in [0.5, 0.6) is 0 Å². The summed E-state index contributed by atoms with van der Waals surface area (Å²) in [6.45, 7) is 2.00.